The van der Waals surface area contributed by atoms with E-state index in [0.717, 1.165) is 48.6 Å². The largest absolute Gasteiger partial charge is 0.343 e. The fraction of sp³-hybridized carbons (Fsp3) is 0.350. The molecule has 0 fully saturated rings. The van der Waals surface area contributed by atoms with Gasteiger partial charge in [0.15, 0.2) is 0 Å². The molecule has 0 spiro atoms. The molecule has 2 N–H and O–H groups in total. The zero-order chi connectivity index (χ0) is 18.6. The molecule has 4 rings (SSSR count). The lowest BCUT2D eigenvalue weighted by molar-refractivity contribution is 0.269. The Morgan fingerprint density at radius 2 is 2.19 bits per heavy atom. The lowest BCUT2D eigenvalue weighted by Gasteiger charge is -2.26. The molecule has 0 saturated carbocycles. The SMILES string of the molecule is CCc1ccc2nc(NC3=NCN(CCc4cccs4)CN3)nc(C)c2c1. The maximum Gasteiger partial charge on any atom is 0.230 e. The number of rotatable bonds is 5. The minimum Gasteiger partial charge on any atom is -0.343 e. The van der Waals surface area contributed by atoms with Crippen molar-refractivity contribution >= 4 is 34.1 Å². The fourth-order valence-electron chi connectivity index (χ4n) is 3.13. The van der Waals surface area contributed by atoms with Gasteiger partial charge in [-0.25, -0.2) is 15.0 Å². The summed E-state index contributed by atoms with van der Waals surface area (Å²) in [6.07, 6.45) is 2.07. The predicted molar refractivity (Wildman–Crippen MR) is 112 cm³/mol. The van der Waals surface area contributed by atoms with Crippen molar-refractivity contribution in [2.75, 3.05) is 25.2 Å². The van der Waals surface area contributed by atoms with Gasteiger partial charge >= 0.3 is 0 Å². The van der Waals surface area contributed by atoms with Crippen LogP contribution in [0.3, 0.4) is 0 Å². The number of aliphatic imine (C=N–C) groups is 1. The summed E-state index contributed by atoms with van der Waals surface area (Å²) in [4.78, 5) is 17.5. The van der Waals surface area contributed by atoms with Crippen LogP contribution in [0, 0.1) is 6.92 Å². The van der Waals surface area contributed by atoms with E-state index in [9.17, 15) is 0 Å². The third kappa shape index (κ3) is 4.26. The number of hydrogen-bond donors (Lipinski definition) is 2. The molecule has 7 heteroatoms. The Kier molecular flexibility index (Phi) is 5.31. The maximum absolute atomic E-state index is 4.64. The molecule has 3 heterocycles. The van der Waals surface area contributed by atoms with Gasteiger partial charge in [-0.2, -0.15) is 0 Å². The third-order valence-corrected chi connectivity index (χ3v) is 5.68. The van der Waals surface area contributed by atoms with Gasteiger partial charge in [-0.1, -0.05) is 19.1 Å². The van der Waals surface area contributed by atoms with Crippen LogP contribution in [0.15, 0.2) is 40.7 Å². The Morgan fingerprint density at radius 1 is 1.26 bits per heavy atom. The molecular weight excluding hydrogens is 356 g/mol. The number of benzene rings is 1. The monoisotopic (exact) mass is 380 g/mol. The van der Waals surface area contributed by atoms with E-state index in [2.05, 4.69) is 73.1 Å². The van der Waals surface area contributed by atoms with Crippen LogP contribution in [0.5, 0.6) is 0 Å². The smallest absolute Gasteiger partial charge is 0.230 e. The molecule has 1 aromatic carbocycles. The van der Waals surface area contributed by atoms with Gasteiger partial charge < -0.3 is 5.32 Å². The molecule has 140 valence electrons. The van der Waals surface area contributed by atoms with Gasteiger partial charge in [-0.05, 0) is 48.9 Å². The van der Waals surface area contributed by atoms with Gasteiger partial charge in [0.2, 0.25) is 11.9 Å². The van der Waals surface area contributed by atoms with Crippen LogP contribution in [0.1, 0.15) is 23.1 Å². The summed E-state index contributed by atoms with van der Waals surface area (Å²) < 4.78 is 0. The molecule has 1 aliphatic rings. The van der Waals surface area contributed by atoms with E-state index in [4.69, 9.17) is 0 Å². The summed E-state index contributed by atoms with van der Waals surface area (Å²) in [5.74, 6) is 1.31. The molecule has 0 unspecified atom stereocenters. The zero-order valence-electron chi connectivity index (χ0n) is 15.7. The quantitative estimate of drug-likeness (QED) is 0.710. The minimum atomic E-state index is 0.586. The van der Waals surface area contributed by atoms with E-state index >= 15 is 0 Å². The summed E-state index contributed by atoms with van der Waals surface area (Å²) in [6, 6.07) is 10.7. The Bertz CT molecular complexity index is 951. The van der Waals surface area contributed by atoms with Crippen molar-refractivity contribution in [3.63, 3.8) is 0 Å². The number of thiophene rings is 1. The molecule has 0 bridgehead atoms. The molecule has 1 aliphatic heterocycles. The van der Waals surface area contributed by atoms with Crippen LogP contribution in [-0.2, 0) is 12.8 Å². The van der Waals surface area contributed by atoms with E-state index < -0.39 is 0 Å². The highest BCUT2D eigenvalue weighted by Gasteiger charge is 2.14. The predicted octanol–water partition coefficient (Wildman–Crippen LogP) is 3.39. The molecule has 6 nitrogen and oxygen atoms in total. The number of aryl methyl sites for hydroxylation is 2. The third-order valence-electron chi connectivity index (χ3n) is 4.74. The van der Waals surface area contributed by atoms with Gasteiger partial charge in [-0.15, -0.1) is 11.3 Å². The van der Waals surface area contributed by atoms with E-state index in [0.29, 0.717) is 12.6 Å². The highest BCUT2D eigenvalue weighted by Crippen LogP contribution is 2.19. The molecule has 0 saturated heterocycles. The number of guanidine groups is 1. The number of fused-ring (bicyclic) bond motifs is 1. The Hall–Kier alpha value is -2.51. The van der Waals surface area contributed by atoms with Crippen LogP contribution in [0.25, 0.3) is 10.9 Å². The summed E-state index contributed by atoms with van der Waals surface area (Å²) in [5, 5.41) is 9.78. The van der Waals surface area contributed by atoms with Crippen molar-refractivity contribution in [2.24, 2.45) is 4.99 Å². The van der Waals surface area contributed by atoms with Crippen molar-refractivity contribution in [3.05, 3.63) is 51.8 Å². The summed E-state index contributed by atoms with van der Waals surface area (Å²) in [5.41, 5.74) is 3.24. The van der Waals surface area contributed by atoms with E-state index in [1.54, 1.807) is 11.3 Å². The second kappa shape index (κ2) is 8.02. The molecule has 27 heavy (non-hydrogen) atoms. The lowest BCUT2D eigenvalue weighted by atomic mass is 10.1. The van der Waals surface area contributed by atoms with Crippen LogP contribution < -0.4 is 10.6 Å². The van der Waals surface area contributed by atoms with E-state index in [-0.39, 0.29) is 0 Å². The lowest BCUT2D eigenvalue weighted by Crippen LogP contribution is -2.46. The molecule has 0 radical (unpaired) electrons. The van der Waals surface area contributed by atoms with Gasteiger partial charge in [0.25, 0.3) is 0 Å². The molecule has 0 amide bonds. The van der Waals surface area contributed by atoms with Gasteiger partial charge in [-0.3, -0.25) is 10.2 Å². The minimum absolute atomic E-state index is 0.586. The first-order chi connectivity index (χ1) is 13.2. The van der Waals surface area contributed by atoms with Crippen molar-refractivity contribution in [2.45, 2.75) is 26.7 Å². The second-order valence-corrected chi connectivity index (χ2v) is 7.70. The van der Waals surface area contributed by atoms with Crippen molar-refractivity contribution < 1.29 is 0 Å². The van der Waals surface area contributed by atoms with Gasteiger partial charge in [0.1, 0.15) is 0 Å². The first kappa shape index (κ1) is 17.9. The molecule has 0 aliphatic carbocycles. The van der Waals surface area contributed by atoms with Crippen LogP contribution in [0.2, 0.25) is 0 Å². The molecule has 2 aromatic heterocycles. The molecule has 0 atom stereocenters. The maximum atomic E-state index is 4.64. The summed E-state index contributed by atoms with van der Waals surface area (Å²) in [6.45, 7) is 6.62. The normalized spacial score (nSPS) is 14.8. The van der Waals surface area contributed by atoms with Crippen LogP contribution in [-0.4, -0.2) is 40.7 Å². The Labute approximate surface area is 163 Å². The van der Waals surface area contributed by atoms with Crippen molar-refractivity contribution in [3.8, 4) is 0 Å². The first-order valence-corrected chi connectivity index (χ1v) is 10.2. The average Bonchev–Trinajstić information content (AvgIpc) is 3.21. The van der Waals surface area contributed by atoms with Gasteiger partial charge in [0.05, 0.1) is 24.5 Å². The summed E-state index contributed by atoms with van der Waals surface area (Å²) in [7, 11) is 0. The molecule has 3 aromatic rings. The number of hydrogen-bond acceptors (Lipinski definition) is 7. The average molecular weight is 381 g/mol. The van der Waals surface area contributed by atoms with Crippen molar-refractivity contribution in [1.82, 2.24) is 20.2 Å². The molecular formula is C20H24N6S. The number of nitrogens with one attached hydrogen (secondary N) is 2. The van der Waals surface area contributed by atoms with E-state index in [1.165, 1.54) is 10.4 Å². The fourth-order valence-corrected chi connectivity index (χ4v) is 3.83. The zero-order valence-corrected chi connectivity index (χ0v) is 16.5. The first-order valence-electron chi connectivity index (χ1n) is 9.28. The number of anilines is 1. The van der Waals surface area contributed by atoms with Crippen LogP contribution in [0.4, 0.5) is 5.95 Å². The standard InChI is InChI=1S/C20H24N6S/c1-3-15-6-7-18-17(11-15)14(2)23-20(24-18)25-19-21-12-26(13-22-19)9-8-16-5-4-10-27-16/h4-7,10-11H,3,8-9,12-13H2,1-2H3,(H2,21,22,23,24,25). The van der Waals surface area contributed by atoms with Gasteiger partial charge in [0, 0.05) is 16.8 Å². The topological polar surface area (TPSA) is 65.4 Å². The van der Waals surface area contributed by atoms with Crippen molar-refractivity contribution in [1.29, 1.82) is 0 Å². The number of aromatic nitrogens is 2. The second-order valence-electron chi connectivity index (χ2n) is 6.67. The van der Waals surface area contributed by atoms with Crippen LogP contribution >= 0.6 is 11.3 Å². The highest BCUT2D eigenvalue weighted by atomic mass is 32.1. The highest BCUT2D eigenvalue weighted by molar-refractivity contribution is 7.09. The Balaban J connectivity index is 1.40. The van der Waals surface area contributed by atoms with E-state index in [1.807, 2.05) is 6.92 Å². The summed E-state index contributed by atoms with van der Waals surface area (Å²) >= 11 is 1.81. The number of nitrogens with zero attached hydrogens (tertiary/aromatic N) is 4. The Morgan fingerprint density at radius 3 is 2.93 bits per heavy atom.